The van der Waals surface area contributed by atoms with E-state index in [0.717, 1.165) is 11.1 Å². The van der Waals surface area contributed by atoms with Crippen molar-refractivity contribution in [2.45, 2.75) is 40.5 Å². The van der Waals surface area contributed by atoms with Crippen molar-refractivity contribution < 1.29 is 9.18 Å². The first-order chi connectivity index (χ1) is 7.30. The van der Waals surface area contributed by atoms with Crippen molar-refractivity contribution in [2.75, 3.05) is 0 Å². The molecule has 1 nitrogen and oxygen atoms in total. The van der Waals surface area contributed by atoms with Crippen LogP contribution in [0.15, 0.2) is 18.2 Å². The zero-order valence-corrected chi connectivity index (χ0v) is 10.4. The second-order valence-electron chi connectivity index (χ2n) is 5.24. The Hall–Kier alpha value is -1.18. The minimum atomic E-state index is -0.284. The van der Waals surface area contributed by atoms with E-state index in [1.54, 1.807) is 6.07 Å². The molecule has 0 N–H and O–H groups in total. The molecule has 1 aromatic carbocycles. The van der Waals surface area contributed by atoms with Gasteiger partial charge in [-0.1, -0.05) is 26.8 Å². The number of benzene rings is 1. The van der Waals surface area contributed by atoms with Crippen molar-refractivity contribution in [3.8, 4) is 0 Å². The van der Waals surface area contributed by atoms with Gasteiger partial charge in [0.1, 0.15) is 11.6 Å². The highest BCUT2D eigenvalue weighted by Gasteiger charge is 2.20. The average Bonchev–Trinajstić information content (AvgIpc) is 2.14. The largest absolute Gasteiger partial charge is 0.299 e. The molecule has 0 aliphatic heterocycles. The summed E-state index contributed by atoms with van der Waals surface area (Å²) >= 11 is 0. The van der Waals surface area contributed by atoms with Gasteiger partial charge in [0.2, 0.25) is 0 Å². The highest BCUT2D eigenvalue weighted by Crippen LogP contribution is 2.19. The molecule has 88 valence electrons. The molecule has 0 saturated carbocycles. The Morgan fingerprint density at radius 1 is 1.31 bits per heavy atom. The van der Waals surface area contributed by atoms with Crippen LogP contribution in [0.3, 0.4) is 0 Å². The van der Waals surface area contributed by atoms with Crippen molar-refractivity contribution >= 4 is 5.78 Å². The summed E-state index contributed by atoms with van der Waals surface area (Å²) in [6.07, 6.45) is 1.22. The maximum Gasteiger partial charge on any atom is 0.138 e. The number of ketones is 1. The number of carbonyl (C=O) groups is 1. The Morgan fingerprint density at radius 2 is 1.94 bits per heavy atom. The van der Waals surface area contributed by atoms with Crippen molar-refractivity contribution in [3.05, 3.63) is 35.1 Å². The Morgan fingerprint density at radius 3 is 2.44 bits per heavy atom. The van der Waals surface area contributed by atoms with Gasteiger partial charge in [-0.15, -0.1) is 0 Å². The zero-order chi connectivity index (χ0) is 12.3. The number of halogens is 1. The van der Waals surface area contributed by atoms with Crippen molar-refractivity contribution in [2.24, 2.45) is 5.41 Å². The van der Waals surface area contributed by atoms with Crippen LogP contribution in [0.4, 0.5) is 4.39 Å². The molecule has 0 heterocycles. The lowest BCUT2D eigenvalue weighted by molar-refractivity contribution is -0.126. The summed E-state index contributed by atoms with van der Waals surface area (Å²) < 4.78 is 12.9. The third-order valence-corrected chi connectivity index (χ3v) is 2.76. The van der Waals surface area contributed by atoms with Crippen molar-refractivity contribution in [1.29, 1.82) is 0 Å². The molecule has 0 aliphatic rings. The van der Waals surface area contributed by atoms with Crippen LogP contribution >= 0.6 is 0 Å². The van der Waals surface area contributed by atoms with Gasteiger partial charge in [0.15, 0.2) is 0 Å². The molecule has 1 aromatic rings. The molecule has 0 unspecified atom stereocenters. The Balaban J connectivity index is 2.65. The van der Waals surface area contributed by atoms with E-state index in [2.05, 4.69) is 0 Å². The first-order valence-electron chi connectivity index (χ1n) is 5.59. The third-order valence-electron chi connectivity index (χ3n) is 2.76. The third kappa shape index (κ3) is 3.44. The molecule has 0 saturated heterocycles. The Bertz CT molecular complexity index is 388. The first-order valence-corrected chi connectivity index (χ1v) is 5.59. The molecule has 0 atom stereocenters. The highest BCUT2D eigenvalue weighted by atomic mass is 19.1. The maximum atomic E-state index is 12.9. The number of rotatable bonds is 3. The quantitative estimate of drug-likeness (QED) is 0.762. The van der Waals surface area contributed by atoms with Gasteiger partial charge in [0, 0.05) is 11.8 Å². The van der Waals surface area contributed by atoms with Crippen molar-refractivity contribution in [1.82, 2.24) is 0 Å². The summed E-state index contributed by atoms with van der Waals surface area (Å²) in [6, 6.07) is 4.72. The van der Waals surface area contributed by atoms with Crippen molar-refractivity contribution in [3.63, 3.8) is 0 Å². The maximum absolute atomic E-state index is 12.9. The number of hydrogen-bond donors (Lipinski definition) is 0. The molecule has 0 amide bonds. The summed E-state index contributed by atoms with van der Waals surface area (Å²) in [5, 5.41) is 0. The van der Waals surface area contributed by atoms with Crippen LogP contribution in [0.5, 0.6) is 0 Å². The van der Waals surface area contributed by atoms with Crippen LogP contribution in [0.1, 0.15) is 38.3 Å². The monoisotopic (exact) mass is 222 g/mol. The predicted octanol–water partition coefficient (Wildman–Crippen LogP) is 3.68. The van der Waals surface area contributed by atoms with Gasteiger partial charge in [-0.2, -0.15) is 0 Å². The molecular formula is C14H19FO. The summed E-state index contributed by atoms with van der Waals surface area (Å²) in [6.45, 7) is 7.65. The van der Waals surface area contributed by atoms with Gasteiger partial charge < -0.3 is 0 Å². The summed E-state index contributed by atoms with van der Waals surface area (Å²) in [4.78, 5) is 11.7. The Kier molecular flexibility index (Phi) is 3.84. The van der Waals surface area contributed by atoms with E-state index in [-0.39, 0.29) is 17.0 Å². The number of carbonyl (C=O) groups excluding carboxylic acids is 1. The second-order valence-corrected chi connectivity index (χ2v) is 5.24. The van der Waals surface area contributed by atoms with E-state index >= 15 is 0 Å². The van der Waals surface area contributed by atoms with Gasteiger partial charge in [0.25, 0.3) is 0 Å². The highest BCUT2D eigenvalue weighted by molar-refractivity contribution is 5.83. The lowest BCUT2D eigenvalue weighted by atomic mass is 9.87. The zero-order valence-electron chi connectivity index (χ0n) is 10.4. The molecule has 2 heteroatoms. The molecule has 0 fully saturated rings. The molecule has 0 aliphatic carbocycles. The topological polar surface area (TPSA) is 17.1 Å². The van der Waals surface area contributed by atoms with Crippen LogP contribution in [-0.2, 0) is 11.2 Å². The van der Waals surface area contributed by atoms with E-state index < -0.39 is 0 Å². The molecule has 1 rings (SSSR count). The summed E-state index contributed by atoms with van der Waals surface area (Å²) in [5.74, 6) is 0.0274. The molecule has 16 heavy (non-hydrogen) atoms. The van der Waals surface area contributed by atoms with Crippen LogP contribution in [-0.4, -0.2) is 5.78 Å². The first kappa shape index (κ1) is 12.9. The SMILES string of the molecule is Cc1cc(F)ccc1CCC(=O)C(C)(C)C. The van der Waals surface area contributed by atoms with Crippen LogP contribution in [0.2, 0.25) is 0 Å². The Labute approximate surface area is 96.7 Å². The lowest BCUT2D eigenvalue weighted by Crippen LogP contribution is -2.20. The molecular weight excluding hydrogens is 203 g/mol. The summed E-state index contributed by atoms with van der Waals surface area (Å²) in [5.41, 5.74) is 1.69. The van der Waals surface area contributed by atoms with Gasteiger partial charge in [-0.05, 0) is 36.6 Å². The average molecular weight is 222 g/mol. The van der Waals surface area contributed by atoms with Gasteiger partial charge in [-0.25, -0.2) is 4.39 Å². The van der Waals surface area contributed by atoms with E-state index in [4.69, 9.17) is 0 Å². The second kappa shape index (κ2) is 4.77. The van der Waals surface area contributed by atoms with Crippen LogP contribution in [0.25, 0.3) is 0 Å². The van der Waals surface area contributed by atoms with Gasteiger partial charge in [0.05, 0.1) is 0 Å². The van der Waals surface area contributed by atoms with E-state index in [1.807, 2.05) is 27.7 Å². The van der Waals surface area contributed by atoms with E-state index in [1.165, 1.54) is 12.1 Å². The normalized spacial score (nSPS) is 11.6. The number of hydrogen-bond acceptors (Lipinski definition) is 1. The van der Waals surface area contributed by atoms with Gasteiger partial charge >= 0.3 is 0 Å². The molecule has 0 radical (unpaired) electrons. The number of Topliss-reactive ketones (excluding diaryl/α,β-unsaturated/α-hetero) is 1. The fraction of sp³-hybridized carbons (Fsp3) is 0.500. The van der Waals surface area contributed by atoms with E-state index in [9.17, 15) is 9.18 Å². The molecule has 0 spiro atoms. The minimum Gasteiger partial charge on any atom is -0.299 e. The smallest absolute Gasteiger partial charge is 0.138 e. The fourth-order valence-corrected chi connectivity index (χ4v) is 1.56. The fourth-order valence-electron chi connectivity index (χ4n) is 1.56. The van der Waals surface area contributed by atoms with Crippen LogP contribution < -0.4 is 0 Å². The molecule has 0 bridgehead atoms. The van der Waals surface area contributed by atoms with Crippen LogP contribution in [0, 0.1) is 18.2 Å². The minimum absolute atomic E-state index is 0.219. The van der Waals surface area contributed by atoms with E-state index in [0.29, 0.717) is 12.8 Å². The lowest BCUT2D eigenvalue weighted by Gasteiger charge is -2.16. The predicted molar refractivity (Wildman–Crippen MR) is 63.9 cm³/mol. The summed E-state index contributed by atoms with van der Waals surface area (Å²) in [7, 11) is 0. The molecule has 0 aromatic heterocycles. The standard InChI is InChI=1S/C14H19FO/c1-10-9-12(15)7-5-11(10)6-8-13(16)14(2,3)4/h5,7,9H,6,8H2,1-4H3. The van der Waals surface area contributed by atoms with Gasteiger partial charge in [-0.3, -0.25) is 4.79 Å². The number of aryl methyl sites for hydroxylation is 2.